The number of aryl methyl sites for hydroxylation is 1. The van der Waals surface area contributed by atoms with Crippen LogP contribution in [-0.4, -0.2) is 16.0 Å². The van der Waals surface area contributed by atoms with Crippen LogP contribution in [-0.2, 0) is 6.54 Å². The number of hydrogen-bond acceptors (Lipinski definition) is 4. The number of carbonyl (C=O) groups excluding carboxylic acids is 1. The molecule has 0 amide bonds. The maximum atomic E-state index is 12.0. The van der Waals surface area contributed by atoms with Gasteiger partial charge in [-0.05, 0) is 19.1 Å². The number of nitrogens with zero attached hydrogens (tertiary/aromatic N) is 1. The van der Waals surface area contributed by atoms with Gasteiger partial charge in [0.2, 0.25) is 17.8 Å². The van der Waals surface area contributed by atoms with Gasteiger partial charge >= 0.3 is 0 Å². The molecule has 0 radical (unpaired) electrons. The SMILES string of the molecule is Cc1sc[n+](CC(=O)c2ccc(O)cc2O)c1C.[Cl-]. The molecule has 0 aliphatic rings. The van der Waals surface area contributed by atoms with Crippen molar-refractivity contribution >= 4 is 17.1 Å². The molecule has 0 unspecified atom stereocenters. The lowest BCUT2D eigenvalue weighted by Gasteiger charge is -2.02. The summed E-state index contributed by atoms with van der Waals surface area (Å²) in [4.78, 5) is 13.2. The van der Waals surface area contributed by atoms with Gasteiger partial charge in [-0.2, -0.15) is 4.57 Å². The molecule has 6 heteroatoms. The van der Waals surface area contributed by atoms with Gasteiger partial charge in [0.1, 0.15) is 11.5 Å². The number of rotatable bonds is 3. The second-order valence-electron chi connectivity index (χ2n) is 4.12. The third-order valence-electron chi connectivity index (χ3n) is 2.89. The monoisotopic (exact) mass is 299 g/mol. The summed E-state index contributed by atoms with van der Waals surface area (Å²) in [5.41, 5.74) is 3.16. The van der Waals surface area contributed by atoms with Crippen molar-refractivity contribution in [2.45, 2.75) is 20.4 Å². The van der Waals surface area contributed by atoms with Crippen LogP contribution in [0.3, 0.4) is 0 Å². The molecule has 102 valence electrons. The van der Waals surface area contributed by atoms with Crippen molar-refractivity contribution in [3.05, 3.63) is 39.8 Å². The van der Waals surface area contributed by atoms with Crippen molar-refractivity contribution in [2.24, 2.45) is 0 Å². The molecule has 0 spiro atoms. The molecule has 0 fully saturated rings. The number of phenols is 2. The van der Waals surface area contributed by atoms with Gasteiger partial charge in [-0.3, -0.25) is 4.79 Å². The van der Waals surface area contributed by atoms with E-state index in [1.165, 1.54) is 18.2 Å². The highest BCUT2D eigenvalue weighted by atomic mass is 35.5. The van der Waals surface area contributed by atoms with Crippen molar-refractivity contribution < 1.29 is 32.0 Å². The largest absolute Gasteiger partial charge is 1.00 e. The standard InChI is InChI=1S/C13H13NO3S.ClH/c1-8-9(2)18-7-14(8)6-13(17)11-4-3-10(15)5-12(11)16;/h3-5,7H,6H2,1-2H3,(H-,15,16,17);1H. The topological polar surface area (TPSA) is 61.4 Å². The fourth-order valence-electron chi connectivity index (χ4n) is 1.66. The molecule has 1 aromatic heterocycles. The number of aromatic hydroxyl groups is 2. The van der Waals surface area contributed by atoms with Gasteiger partial charge < -0.3 is 22.6 Å². The fourth-order valence-corrected chi connectivity index (χ4v) is 2.47. The van der Waals surface area contributed by atoms with Crippen LogP contribution in [0.2, 0.25) is 0 Å². The van der Waals surface area contributed by atoms with Crippen LogP contribution in [0.25, 0.3) is 0 Å². The molecule has 1 aromatic carbocycles. The normalized spacial score (nSPS) is 10.0. The molecule has 0 saturated carbocycles. The van der Waals surface area contributed by atoms with E-state index >= 15 is 0 Å². The van der Waals surface area contributed by atoms with Gasteiger partial charge in [0.05, 0.1) is 10.4 Å². The molecule has 0 aliphatic heterocycles. The number of ketones is 1. The van der Waals surface area contributed by atoms with E-state index in [4.69, 9.17) is 0 Å². The Labute approximate surface area is 121 Å². The van der Waals surface area contributed by atoms with Crippen molar-refractivity contribution in [1.82, 2.24) is 0 Å². The summed E-state index contributed by atoms with van der Waals surface area (Å²) in [7, 11) is 0. The first kappa shape index (κ1) is 15.5. The zero-order valence-corrected chi connectivity index (χ0v) is 12.1. The summed E-state index contributed by atoms with van der Waals surface area (Å²) in [6, 6.07) is 4.00. The zero-order chi connectivity index (χ0) is 13.3. The van der Waals surface area contributed by atoms with Crippen molar-refractivity contribution in [3.63, 3.8) is 0 Å². The molecule has 1 heterocycles. The predicted molar refractivity (Wildman–Crippen MR) is 68.1 cm³/mol. The number of hydrogen-bond donors (Lipinski definition) is 2. The lowest BCUT2D eigenvalue weighted by atomic mass is 10.1. The van der Waals surface area contributed by atoms with E-state index in [2.05, 4.69) is 0 Å². The lowest BCUT2D eigenvalue weighted by molar-refractivity contribution is -0.684. The van der Waals surface area contributed by atoms with Crippen molar-refractivity contribution in [2.75, 3.05) is 0 Å². The van der Waals surface area contributed by atoms with E-state index in [1.54, 1.807) is 11.3 Å². The Balaban J connectivity index is 0.00000180. The van der Waals surface area contributed by atoms with Crippen LogP contribution in [0.15, 0.2) is 23.7 Å². The first-order valence-corrected chi connectivity index (χ1v) is 6.36. The van der Waals surface area contributed by atoms with Crippen LogP contribution in [0.5, 0.6) is 11.5 Å². The first-order chi connectivity index (χ1) is 8.49. The van der Waals surface area contributed by atoms with Gasteiger partial charge in [-0.1, -0.05) is 11.3 Å². The van der Waals surface area contributed by atoms with Crippen molar-refractivity contribution in [1.29, 1.82) is 0 Å². The number of halogens is 1. The van der Waals surface area contributed by atoms with Crippen LogP contribution < -0.4 is 17.0 Å². The molecule has 4 nitrogen and oxygen atoms in total. The Bertz CT molecular complexity index is 610. The minimum absolute atomic E-state index is 0. The first-order valence-electron chi connectivity index (χ1n) is 5.48. The number of phenolic OH excluding ortho intramolecular Hbond substituents is 2. The molecule has 19 heavy (non-hydrogen) atoms. The zero-order valence-electron chi connectivity index (χ0n) is 10.6. The van der Waals surface area contributed by atoms with Crippen LogP contribution in [0.1, 0.15) is 20.9 Å². The fraction of sp³-hybridized carbons (Fsp3) is 0.231. The maximum Gasteiger partial charge on any atom is 0.231 e. The van der Waals surface area contributed by atoms with Crippen LogP contribution >= 0.6 is 11.3 Å². The Morgan fingerprint density at radius 2 is 2.00 bits per heavy atom. The smallest absolute Gasteiger partial charge is 0.231 e. The van der Waals surface area contributed by atoms with Gasteiger partial charge in [0, 0.05) is 13.0 Å². The molecule has 0 aliphatic carbocycles. The average Bonchev–Trinajstić information content (AvgIpc) is 2.61. The highest BCUT2D eigenvalue weighted by Gasteiger charge is 2.19. The number of thiazole rings is 1. The summed E-state index contributed by atoms with van der Waals surface area (Å²) in [6.45, 7) is 4.14. The van der Waals surface area contributed by atoms with Crippen molar-refractivity contribution in [3.8, 4) is 11.5 Å². The Morgan fingerprint density at radius 1 is 1.32 bits per heavy atom. The number of carbonyl (C=O) groups is 1. The number of aromatic nitrogens is 1. The molecular weight excluding hydrogens is 286 g/mol. The Morgan fingerprint density at radius 3 is 2.53 bits per heavy atom. The molecule has 0 saturated heterocycles. The summed E-state index contributed by atoms with van der Waals surface area (Å²) in [5.74, 6) is -0.428. The van der Waals surface area contributed by atoms with Gasteiger partial charge in [0.15, 0.2) is 5.69 Å². The molecule has 2 rings (SSSR count). The van der Waals surface area contributed by atoms with Gasteiger partial charge in [-0.25, -0.2) is 0 Å². The van der Waals surface area contributed by atoms with Crippen LogP contribution in [0.4, 0.5) is 0 Å². The molecule has 0 bridgehead atoms. The summed E-state index contributed by atoms with van der Waals surface area (Å²) in [6.07, 6.45) is 0. The summed E-state index contributed by atoms with van der Waals surface area (Å²) < 4.78 is 1.86. The Kier molecular flexibility index (Phi) is 4.91. The highest BCUT2D eigenvalue weighted by Crippen LogP contribution is 2.23. The second-order valence-corrected chi connectivity index (χ2v) is 5.18. The summed E-state index contributed by atoms with van der Waals surface area (Å²) in [5, 5.41) is 18.8. The maximum absolute atomic E-state index is 12.0. The average molecular weight is 300 g/mol. The quantitative estimate of drug-likeness (QED) is 0.562. The second kappa shape index (κ2) is 6.04. The molecule has 2 aromatic rings. The van der Waals surface area contributed by atoms with E-state index in [-0.39, 0.29) is 41.8 Å². The number of Topliss-reactive ketones (excluding diaryl/α,β-unsaturated/α-hetero) is 1. The molecular formula is C13H14ClNO3S. The minimum Gasteiger partial charge on any atom is -1.00 e. The number of benzene rings is 1. The van der Waals surface area contributed by atoms with Gasteiger partial charge in [-0.15, -0.1) is 0 Å². The molecule has 0 atom stereocenters. The van der Waals surface area contributed by atoms with E-state index in [1.807, 2.05) is 23.9 Å². The minimum atomic E-state index is -0.190. The Hall–Kier alpha value is -1.59. The third kappa shape index (κ3) is 3.24. The molecule has 2 N–H and O–H groups in total. The van der Waals surface area contributed by atoms with Gasteiger partial charge in [0.25, 0.3) is 0 Å². The van der Waals surface area contributed by atoms with E-state index < -0.39 is 0 Å². The third-order valence-corrected chi connectivity index (χ3v) is 3.90. The highest BCUT2D eigenvalue weighted by molar-refractivity contribution is 7.09. The van der Waals surface area contributed by atoms with E-state index in [9.17, 15) is 15.0 Å². The lowest BCUT2D eigenvalue weighted by Crippen LogP contribution is -3.00. The van der Waals surface area contributed by atoms with Crippen LogP contribution in [0, 0.1) is 13.8 Å². The predicted octanol–water partition coefficient (Wildman–Crippen LogP) is -1.05. The summed E-state index contributed by atoms with van der Waals surface area (Å²) >= 11 is 1.58. The van der Waals surface area contributed by atoms with E-state index in [0.29, 0.717) is 0 Å². The van der Waals surface area contributed by atoms with E-state index in [0.717, 1.165) is 10.6 Å².